The summed E-state index contributed by atoms with van der Waals surface area (Å²) in [4.78, 5) is 30.5. The quantitative estimate of drug-likeness (QED) is 0.181. The predicted octanol–water partition coefficient (Wildman–Crippen LogP) is 5.31. The average molecular weight is 653 g/mol. The summed E-state index contributed by atoms with van der Waals surface area (Å²) >= 11 is 0. The standard InChI is InChI=1S/C38H44N4O4S/c39-47(45,46)36-19-17-31(18-20-36)28-42(38(44)16-8-11-30-9-2-1-3-10-30)29-33-13-7-15-35(26-33)34-14-6-12-32(25-34)27-37(43)40-21-24-41-22-4-5-23-41/h1-3,6-7,9-10,12-15,17-20,25-26H,4-5,8,11,16,21-24,27-29H2,(H,40,43)(H2,39,45,46). The normalized spacial score (nSPS) is 13.4. The molecule has 1 aliphatic rings. The van der Waals surface area contributed by atoms with Gasteiger partial charge in [-0.05, 0) is 90.4 Å². The van der Waals surface area contributed by atoms with Crippen LogP contribution in [0.3, 0.4) is 0 Å². The number of likely N-dealkylation sites (tertiary alicyclic amines) is 1. The lowest BCUT2D eigenvalue weighted by Crippen LogP contribution is -2.34. The fourth-order valence-electron chi connectivity index (χ4n) is 6.02. The molecule has 8 nitrogen and oxygen atoms in total. The number of hydrogen-bond donors (Lipinski definition) is 2. The highest BCUT2D eigenvalue weighted by atomic mass is 32.2. The van der Waals surface area contributed by atoms with Crippen LogP contribution in [0.2, 0.25) is 0 Å². The molecule has 0 spiro atoms. The molecule has 1 saturated heterocycles. The van der Waals surface area contributed by atoms with E-state index in [1.807, 2.05) is 59.5 Å². The van der Waals surface area contributed by atoms with Crippen molar-refractivity contribution in [3.63, 3.8) is 0 Å². The maximum atomic E-state index is 13.6. The summed E-state index contributed by atoms with van der Waals surface area (Å²) in [5.74, 6) is 0.0493. The Labute approximate surface area is 278 Å². The number of carbonyl (C=O) groups is 2. The summed E-state index contributed by atoms with van der Waals surface area (Å²) in [6, 6.07) is 32.6. The SMILES string of the molecule is NS(=O)(=O)c1ccc(CN(Cc2cccc(-c3cccc(CC(=O)NCCN4CCCC4)c3)c2)C(=O)CCCc2ccccc2)cc1. The number of carbonyl (C=O) groups excluding carboxylic acids is 2. The Morgan fingerprint density at radius 3 is 2.04 bits per heavy atom. The maximum Gasteiger partial charge on any atom is 0.238 e. The number of hydrogen-bond acceptors (Lipinski definition) is 5. The second-order valence-corrected chi connectivity index (χ2v) is 13.8. The van der Waals surface area contributed by atoms with Crippen molar-refractivity contribution >= 4 is 21.8 Å². The second kappa shape index (κ2) is 16.5. The molecule has 0 unspecified atom stereocenters. The van der Waals surface area contributed by atoms with E-state index in [1.165, 1.54) is 30.5 Å². The summed E-state index contributed by atoms with van der Waals surface area (Å²) in [5, 5.41) is 8.34. The first-order chi connectivity index (χ1) is 22.7. The Bertz CT molecular complexity index is 1740. The molecule has 5 rings (SSSR count). The second-order valence-electron chi connectivity index (χ2n) is 12.3. The number of amides is 2. The largest absolute Gasteiger partial charge is 0.355 e. The minimum absolute atomic E-state index is 0.0219. The molecule has 0 aliphatic carbocycles. The minimum Gasteiger partial charge on any atom is -0.355 e. The Kier molecular flexibility index (Phi) is 11.9. The van der Waals surface area contributed by atoms with Crippen LogP contribution in [0.5, 0.6) is 0 Å². The van der Waals surface area contributed by atoms with E-state index in [0.717, 1.165) is 60.3 Å². The molecule has 4 aromatic carbocycles. The molecule has 2 amide bonds. The number of aryl methyl sites for hydroxylation is 1. The number of sulfonamides is 1. The van der Waals surface area contributed by atoms with Crippen molar-refractivity contribution < 1.29 is 18.0 Å². The first kappa shape index (κ1) is 34.0. The molecule has 1 aliphatic heterocycles. The molecular weight excluding hydrogens is 609 g/mol. The first-order valence-electron chi connectivity index (χ1n) is 16.3. The summed E-state index contributed by atoms with van der Waals surface area (Å²) in [6.45, 7) is 4.52. The Balaban J connectivity index is 1.26. The fourth-order valence-corrected chi connectivity index (χ4v) is 6.54. The summed E-state index contributed by atoms with van der Waals surface area (Å²) in [6.07, 6.45) is 4.73. The monoisotopic (exact) mass is 652 g/mol. The lowest BCUT2D eigenvalue weighted by atomic mass is 9.99. The predicted molar refractivity (Wildman–Crippen MR) is 186 cm³/mol. The van der Waals surface area contributed by atoms with Crippen LogP contribution in [0.25, 0.3) is 11.1 Å². The highest BCUT2D eigenvalue weighted by Crippen LogP contribution is 2.24. The lowest BCUT2D eigenvalue weighted by molar-refractivity contribution is -0.132. The van der Waals surface area contributed by atoms with Crippen molar-refractivity contribution in [3.8, 4) is 11.1 Å². The van der Waals surface area contributed by atoms with Crippen molar-refractivity contribution in [1.82, 2.24) is 15.1 Å². The third-order valence-electron chi connectivity index (χ3n) is 8.55. The summed E-state index contributed by atoms with van der Waals surface area (Å²) in [7, 11) is -3.80. The molecule has 3 N–H and O–H groups in total. The smallest absolute Gasteiger partial charge is 0.238 e. The Morgan fingerprint density at radius 2 is 1.36 bits per heavy atom. The van der Waals surface area contributed by atoms with E-state index in [0.29, 0.717) is 32.5 Å². The van der Waals surface area contributed by atoms with E-state index in [2.05, 4.69) is 34.5 Å². The van der Waals surface area contributed by atoms with E-state index in [9.17, 15) is 18.0 Å². The average Bonchev–Trinajstić information content (AvgIpc) is 3.59. The zero-order valence-electron chi connectivity index (χ0n) is 26.8. The molecule has 0 bridgehead atoms. The third-order valence-corrected chi connectivity index (χ3v) is 9.48. The number of nitrogens with two attached hydrogens (primary N) is 1. The molecule has 0 aromatic heterocycles. The van der Waals surface area contributed by atoms with Crippen molar-refractivity contribution in [2.45, 2.75) is 56.5 Å². The van der Waals surface area contributed by atoms with Crippen LogP contribution in [0.15, 0.2) is 108 Å². The molecular formula is C38H44N4O4S. The van der Waals surface area contributed by atoms with Crippen LogP contribution in [-0.2, 0) is 45.5 Å². The molecule has 246 valence electrons. The van der Waals surface area contributed by atoms with Crippen LogP contribution in [-0.4, -0.2) is 56.2 Å². The maximum absolute atomic E-state index is 13.6. The highest BCUT2D eigenvalue weighted by Gasteiger charge is 2.17. The highest BCUT2D eigenvalue weighted by molar-refractivity contribution is 7.89. The number of nitrogens with zero attached hydrogens (tertiary/aromatic N) is 2. The van der Waals surface area contributed by atoms with Gasteiger partial charge in [0, 0.05) is 32.6 Å². The number of primary sulfonamides is 1. The van der Waals surface area contributed by atoms with Crippen LogP contribution in [0, 0.1) is 0 Å². The van der Waals surface area contributed by atoms with Crippen LogP contribution < -0.4 is 10.5 Å². The van der Waals surface area contributed by atoms with Crippen LogP contribution in [0.4, 0.5) is 0 Å². The molecule has 4 aromatic rings. The van der Waals surface area contributed by atoms with Crippen LogP contribution in [0.1, 0.15) is 47.9 Å². The third kappa shape index (κ3) is 10.6. The molecule has 0 atom stereocenters. The molecule has 1 fully saturated rings. The molecule has 9 heteroatoms. The van der Waals surface area contributed by atoms with Crippen molar-refractivity contribution in [2.75, 3.05) is 26.2 Å². The van der Waals surface area contributed by atoms with Gasteiger partial charge >= 0.3 is 0 Å². The van der Waals surface area contributed by atoms with Gasteiger partial charge in [0.2, 0.25) is 21.8 Å². The van der Waals surface area contributed by atoms with Crippen molar-refractivity contribution in [2.24, 2.45) is 5.14 Å². The molecule has 0 radical (unpaired) electrons. The zero-order chi connectivity index (χ0) is 33.1. The molecule has 1 heterocycles. The van der Waals surface area contributed by atoms with Crippen molar-refractivity contribution in [1.29, 1.82) is 0 Å². The van der Waals surface area contributed by atoms with Gasteiger partial charge in [0.05, 0.1) is 11.3 Å². The lowest BCUT2D eigenvalue weighted by Gasteiger charge is -2.24. The van der Waals surface area contributed by atoms with Gasteiger partial charge in [-0.2, -0.15) is 0 Å². The van der Waals surface area contributed by atoms with E-state index in [4.69, 9.17) is 5.14 Å². The van der Waals surface area contributed by atoms with E-state index < -0.39 is 10.0 Å². The first-order valence-corrected chi connectivity index (χ1v) is 17.9. The summed E-state index contributed by atoms with van der Waals surface area (Å²) in [5.41, 5.74) is 5.95. The Morgan fingerprint density at radius 1 is 0.745 bits per heavy atom. The Hall–Kier alpha value is -4.31. The van der Waals surface area contributed by atoms with E-state index in [-0.39, 0.29) is 16.7 Å². The van der Waals surface area contributed by atoms with E-state index in [1.54, 1.807) is 12.1 Å². The van der Waals surface area contributed by atoms with Crippen LogP contribution >= 0.6 is 0 Å². The minimum atomic E-state index is -3.80. The van der Waals surface area contributed by atoms with Gasteiger partial charge in [-0.3, -0.25) is 9.59 Å². The van der Waals surface area contributed by atoms with E-state index >= 15 is 0 Å². The van der Waals surface area contributed by atoms with Gasteiger partial charge in [-0.25, -0.2) is 13.6 Å². The number of nitrogens with one attached hydrogen (secondary N) is 1. The number of benzene rings is 4. The molecule has 47 heavy (non-hydrogen) atoms. The molecule has 0 saturated carbocycles. The van der Waals surface area contributed by atoms with Gasteiger partial charge in [0.25, 0.3) is 0 Å². The zero-order valence-corrected chi connectivity index (χ0v) is 27.6. The van der Waals surface area contributed by atoms with Gasteiger partial charge < -0.3 is 15.1 Å². The number of rotatable bonds is 15. The van der Waals surface area contributed by atoms with Gasteiger partial charge in [-0.1, -0.05) is 84.9 Å². The fraction of sp³-hybridized carbons (Fsp3) is 0.316. The topological polar surface area (TPSA) is 113 Å². The summed E-state index contributed by atoms with van der Waals surface area (Å²) < 4.78 is 23.5. The van der Waals surface area contributed by atoms with Crippen molar-refractivity contribution in [3.05, 3.63) is 125 Å². The van der Waals surface area contributed by atoms with Gasteiger partial charge in [-0.15, -0.1) is 0 Å². The van der Waals surface area contributed by atoms with Gasteiger partial charge in [0.15, 0.2) is 0 Å². The van der Waals surface area contributed by atoms with Gasteiger partial charge in [0.1, 0.15) is 0 Å².